The van der Waals surface area contributed by atoms with E-state index in [4.69, 9.17) is 9.47 Å². The molecule has 1 N–H and O–H groups in total. The average Bonchev–Trinajstić information content (AvgIpc) is 2.68. The molecule has 0 aromatic heterocycles. The zero-order valence-electron chi connectivity index (χ0n) is 15.1. The van der Waals surface area contributed by atoms with Crippen LogP contribution in [0.5, 0.6) is 11.5 Å². The highest BCUT2D eigenvalue weighted by atomic mass is 19.1. The Morgan fingerprint density at radius 2 is 1.85 bits per heavy atom. The van der Waals surface area contributed by atoms with Crippen molar-refractivity contribution in [2.45, 2.75) is 6.54 Å². The van der Waals surface area contributed by atoms with Crippen LogP contribution in [0.4, 0.5) is 4.39 Å². The molecule has 0 atom stereocenters. The van der Waals surface area contributed by atoms with Crippen LogP contribution in [0.3, 0.4) is 0 Å². The Bertz CT molecular complexity index is 773. The third-order valence-electron chi connectivity index (χ3n) is 4.79. The second kappa shape index (κ2) is 8.19. The normalized spacial score (nSPS) is 15.0. The monoisotopic (exact) mass is 359 g/mol. The van der Waals surface area contributed by atoms with Gasteiger partial charge in [-0.1, -0.05) is 12.1 Å². The largest absolute Gasteiger partial charge is 0.497 e. The minimum absolute atomic E-state index is 0.144. The molecule has 0 aliphatic carbocycles. The lowest BCUT2D eigenvalue weighted by molar-refractivity contribution is -0.917. The minimum atomic E-state index is -0.464. The van der Waals surface area contributed by atoms with Gasteiger partial charge in [0, 0.05) is 0 Å². The van der Waals surface area contributed by atoms with Crippen molar-refractivity contribution in [1.82, 2.24) is 4.90 Å². The molecule has 6 heteroatoms. The number of halogens is 1. The molecular formula is C20H24FN2O3+. The van der Waals surface area contributed by atoms with Gasteiger partial charge in [0.25, 0.3) is 5.91 Å². The smallest absolute Gasteiger partial charge is 0.257 e. The van der Waals surface area contributed by atoms with E-state index in [2.05, 4.69) is 0 Å². The summed E-state index contributed by atoms with van der Waals surface area (Å²) < 4.78 is 24.6. The highest BCUT2D eigenvalue weighted by Gasteiger charge is 2.26. The number of amides is 1. The maximum Gasteiger partial charge on any atom is 0.257 e. The lowest BCUT2D eigenvalue weighted by atomic mass is 10.1. The van der Waals surface area contributed by atoms with Gasteiger partial charge in [-0.3, -0.25) is 4.79 Å². The van der Waals surface area contributed by atoms with Gasteiger partial charge in [-0.15, -0.1) is 0 Å². The van der Waals surface area contributed by atoms with E-state index in [-0.39, 0.29) is 11.5 Å². The van der Waals surface area contributed by atoms with E-state index in [1.165, 1.54) is 17.0 Å². The zero-order valence-corrected chi connectivity index (χ0v) is 15.1. The van der Waals surface area contributed by atoms with Crippen LogP contribution in [-0.4, -0.2) is 51.2 Å². The summed E-state index contributed by atoms with van der Waals surface area (Å²) in [4.78, 5) is 15.6. The molecule has 0 saturated carbocycles. The molecule has 0 bridgehead atoms. The van der Waals surface area contributed by atoms with Crippen molar-refractivity contribution >= 4 is 5.91 Å². The van der Waals surface area contributed by atoms with E-state index in [1.54, 1.807) is 31.3 Å². The van der Waals surface area contributed by atoms with Gasteiger partial charge in [0.1, 0.15) is 23.9 Å². The molecule has 2 aromatic rings. The van der Waals surface area contributed by atoms with E-state index in [0.717, 1.165) is 36.7 Å². The average molecular weight is 359 g/mol. The van der Waals surface area contributed by atoms with E-state index >= 15 is 0 Å². The molecule has 1 fully saturated rings. The maximum absolute atomic E-state index is 13.8. The number of hydrogen-bond acceptors (Lipinski definition) is 3. The van der Waals surface area contributed by atoms with Gasteiger partial charge in [0.15, 0.2) is 0 Å². The fraction of sp³-hybridized carbons (Fsp3) is 0.350. The van der Waals surface area contributed by atoms with Crippen molar-refractivity contribution in [3.8, 4) is 11.5 Å². The van der Waals surface area contributed by atoms with Crippen LogP contribution in [-0.2, 0) is 6.54 Å². The van der Waals surface area contributed by atoms with Crippen molar-refractivity contribution in [3.05, 3.63) is 59.4 Å². The molecule has 0 radical (unpaired) electrons. The SMILES string of the molecule is COc1ccc(OC)c(C[NH+]2CCN(C(=O)c3ccccc3F)CC2)c1. The first-order valence-electron chi connectivity index (χ1n) is 8.70. The molecule has 2 aromatic carbocycles. The van der Waals surface area contributed by atoms with Gasteiger partial charge >= 0.3 is 0 Å². The van der Waals surface area contributed by atoms with E-state index in [1.807, 2.05) is 18.2 Å². The molecule has 3 rings (SSSR count). The number of quaternary nitrogens is 1. The van der Waals surface area contributed by atoms with Crippen LogP contribution in [0.1, 0.15) is 15.9 Å². The summed E-state index contributed by atoms with van der Waals surface area (Å²) in [7, 11) is 3.30. The van der Waals surface area contributed by atoms with Crippen molar-refractivity contribution in [2.24, 2.45) is 0 Å². The fourth-order valence-corrected chi connectivity index (χ4v) is 3.30. The second-order valence-corrected chi connectivity index (χ2v) is 6.38. The number of rotatable bonds is 5. The van der Waals surface area contributed by atoms with E-state index in [9.17, 15) is 9.18 Å². The quantitative estimate of drug-likeness (QED) is 0.877. The lowest BCUT2D eigenvalue weighted by Gasteiger charge is -2.32. The highest BCUT2D eigenvalue weighted by molar-refractivity contribution is 5.94. The Morgan fingerprint density at radius 1 is 1.12 bits per heavy atom. The van der Waals surface area contributed by atoms with Crippen LogP contribution in [0.25, 0.3) is 0 Å². The topological polar surface area (TPSA) is 43.2 Å². The Hall–Kier alpha value is -2.60. The number of carbonyl (C=O) groups is 1. The van der Waals surface area contributed by atoms with Gasteiger partial charge in [-0.2, -0.15) is 0 Å². The molecule has 5 nitrogen and oxygen atoms in total. The molecule has 1 aliphatic heterocycles. The maximum atomic E-state index is 13.8. The number of hydrogen-bond donors (Lipinski definition) is 1. The Kier molecular flexibility index (Phi) is 5.73. The van der Waals surface area contributed by atoms with Gasteiger partial charge < -0.3 is 19.3 Å². The summed E-state index contributed by atoms with van der Waals surface area (Å²) in [5, 5.41) is 0. The van der Waals surface area contributed by atoms with Crippen molar-refractivity contribution < 1.29 is 23.6 Å². The second-order valence-electron chi connectivity index (χ2n) is 6.38. The van der Waals surface area contributed by atoms with Gasteiger partial charge in [0.2, 0.25) is 0 Å². The Labute approximate surface area is 152 Å². The highest BCUT2D eigenvalue weighted by Crippen LogP contribution is 2.23. The summed E-state index contributed by atoms with van der Waals surface area (Å²) in [6.45, 7) is 3.62. The summed E-state index contributed by atoms with van der Waals surface area (Å²) in [6, 6.07) is 11.9. The lowest BCUT2D eigenvalue weighted by Crippen LogP contribution is -3.13. The summed E-state index contributed by atoms with van der Waals surface area (Å²) >= 11 is 0. The summed E-state index contributed by atoms with van der Waals surface area (Å²) in [5.41, 5.74) is 1.22. The summed E-state index contributed by atoms with van der Waals surface area (Å²) in [6.07, 6.45) is 0. The number of piperazine rings is 1. The molecule has 0 unspecified atom stereocenters. The van der Waals surface area contributed by atoms with Crippen LogP contribution in [0.2, 0.25) is 0 Å². The number of benzene rings is 2. The predicted octanol–water partition coefficient (Wildman–Crippen LogP) is 1.38. The van der Waals surface area contributed by atoms with Crippen LogP contribution >= 0.6 is 0 Å². The number of ether oxygens (including phenoxy) is 2. The molecule has 1 heterocycles. The van der Waals surface area contributed by atoms with Crippen molar-refractivity contribution in [2.75, 3.05) is 40.4 Å². The summed E-state index contributed by atoms with van der Waals surface area (Å²) in [5.74, 6) is 0.936. The van der Waals surface area contributed by atoms with Crippen molar-refractivity contribution in [1.29, 1.82) is 0 Å². The zero-order chi connectivity index (χ0) is 18.5. The van der Waals surface area contributed by atoms with Crippen molar-refractivity contribution in [3.63, 3.8) is 0 Å². The number of carbonyl (C=O) groups excluding carboxylic acids is 1. The standard InChI is InChI=1S/C20H23FN2O3/c1-25-16-7-8-19(26-2)15(13-16)14-22-9-11-23(12-10-22)20(24)17-5-3-4-6-18(17)21/h3-8,13H,9-12,14H2,1-2H3/p+1. The Morgan fingerprint density at radius 3 is 2.50 bits per heavy atom. The first-order chi connectivity index (χ1) is 12.6. The first kappa shape index (κ1) is 18.2. The molecule has 1 amide bonds. The van der Waals surface area contributed by atoms with Gasteiger partial charge in [-0.25, -0.2) is 4.39 Å². The minimum Gasteiger partial charge on any atom is -0.497 e. The van der Waals surface area contributed by atoms with Gasteiger partial charge in [-0.05, 0) is 30.3 Å². The number of methoxy groups -OCH3 is 2. The molecule has 138 valence electrons. The van der Waals surface area contributed by atoms with Crippen LogP contribution in [0.15, 0.2) is 42.5 Å². The van der Waals surface area contributed by atoms with Crippen LogP contribution < -0.4 is 14.4 Å². The molecule has 1 aliphatic rings. The number of nitrogens with one attached hydrogen (secondary N) is 1. The Balaban J connectivity index is 1.62. The molecule has 26 heavy (non-hydrogen) atoms. The third kappa shape index (κ3) is 3.96. The fourth-order valence-electron chi connectivity index (χ4n) is 3.30. The third-order valence-corrected chi connectivity index (χ3v) is 4.79. The molecular weight excluding hydrogens is 335 g/mol. The van der Waals surface area contributed by atoms with E-state index in [0.29, 0.717) is 13.1 Å². The van der Waals surface area contributed by atoms with Gasteiger partial charge in [0.05, 0.1) is 51.5 Å². The van der Waals surface area contributed by atoms with Crippen LogP contribution in [0, 0.1) is 5.82 Å². The van der Waals surface area contributed by atoms with E-state index < -0.39 is 5.82 Å². The number of nitrogens with zero attached hydrogens (tertiary/aromatic N) is 1. The first-order valence-corrected chi connectivity index (χ1v) is 8.70. The predicted molar refractivity (Wildman–Crippen MR) is 96.3 cm³/mol. The molecule has 1 saturated heterocycles. The molecule has 0 spiro atoms.